The van der Waals surface area contributed by atoms with E-state index in [0.29, 0.717) is 17.0 Å². The van der Waals surface area contributed by atoms with E-state index in [-0.39, 0.29) is 11.9 Å². The van der Waals surface area contributed by atoms with Crippen LogP contribution in [0.5, 0.6) is 5.75 Å². The Morgan fingerprint density at radius 3 is 2.61 bits per heavy atom. The first-order valence-corrected chi connectivity index (χ1v) is 10.1. The molecule has 1 aromatic carbocycles. The van der Waals surface area contributed by atoms with Gasteiger partial charge >= 0.3 is 0 Å². The standard InChI is InChI=1S/C22H28ClN3O2/c1-14(2)13-26-22(23)19(15(3)25-26)11-12-20(27)24-21(16-5-6-16)17-7-9-18(28-4)10-8-17/h7-12,14,16,21H,5-6,13H2,1-4H3,(H,24,27)/b12-11+. The largest absolute Gasteiger partial charge is 0.497 e. The van der Waals surface area contributed by atoms with Crippen molar-refractivity contribution in [3.8, 4) is 5.75 Å². The predicted molar refractivity (Wildman–Crippen MR) is 112 cm³/mol. The zero-order chi connectivity index (χ0) is 20.3. The van der Waals surface area contributed by atoms with Crippen LogP contribution in [0.25, 0.3) is 6.08 Å². The van der Waals surface area contributed by atoms with Crippen molar-refractivity contribution >= 4 is 23.6 Å². The topological polar surface area (TPSA) is 56.1 Å². The van der Waals surface area contributed by atoms with Gasteiger partial charge in [0.2, 0.25) is 5.91 Å². The number of carbonyl (C=O) groups excluding carboxylic acids is 1. The van der Waals surface area contributed by atoms with E-state index in [4.69, 9.17) is 16.3 Å². The summed E-state index contributed by atoms with van der Waals surface area (Å²) in [6.45, 7) is 6.90. The van der Waals surface area contributed by atoms with E-state index >= 15 is 0 Å². The molecule has 1 aromatic heterocycles. The van der Waals surface area contributed by atoms with E-state index in [1.54, 1.807) is 23.9 Å². The fraction of sp³-hybridized carbons (Fsp3) is 0.455. The molecular weight excluding hydrogens is 374 g/mol. The Balaban J connectivity index is 1.70. The number of aryl methyl sites for hydroxylation is 1. The number of rotatable bonds is 8. The SMILES string of the molecule is COc1ccc(C(NC(=O)/C=C/c2c(C)nn(CC(C)C)c2Cl)C2CC2)cc1. The summed E-state index contributed by atoms with van der Waals surface area (Å²) in [5.41, 5.74) is 2.72. The van der Waals surface area contributed by atoms with Crippen molar-refractivity contribution < 1.29 is 9.53 Å². The molecule has 2 aromatic rings. The van der Waals surface area contributed by atoms with Crippen LogP contribution in [0.3, 0.4) is 0 Å². The molecule has 5 nitrogen and oxygen atoms in total. The molecule has 0 radical (unpaired) electrons. The van der Waals surface area contributed by atoms with Gasteiger partial charge in [-0.25, -0.2) is 0 Å². The maximum Gasteiger partial charge on any atom is 0.244 e. The summed E-state index contributed by atoms with van der Waals surface area (Å²) in [6.07, 6.45) is 5.57. The van der Waals surface area contributed by atoms with Crippen molar-refractivity contribution in [2.24, 2.45) is 11.8 Å². The quantitative estimate of drug-likeness (QED) is 0.647. The van der Waals surface area contributed by atoms with Crippen LogP contribution < -0.4 is 10.1 Å². The van der Waals surface area contributed by atoms with Crippen molar-refractivity contribution in [3.63, 3.8) is 0 Å². The highest BCUT2D eigenvalue weighted by Gasteiger charge is 2.33. The van der Waals surface area contributed by atoms with Crippen LogP contribution >= 0.6 is 11.6 Å². The summed E-state index contributed by atoms with van der Waals surface area (Å²) in [5, 5.41) is 8.20. The zero-order valence-electron chi connectivity index (χ0n) is 16.9. The maximum atomic E-state index is 12.6. The Labute approximate surface area is 171 Å². The van der Waals surface area contributed by atoms with Crippen LogP contribution in [0, 0.1) is 18.8 Å². The molecule has 1 aliphatic rings. The van der Waals surface area contributed by atoms with Crippen LogP contribution in [0.15, 0.2) is 30.3 Å². The maximum absolute atomic E-state index is 12.6. The molecule has 1 fully saturated rings. The summed E-state index contributed by atoms with van der Waals surface area (Å²) < 4.78 is 7.02. The first-order valence-electron chi connectivity index (χ1n) is 9.74. The Hall–Kier alpha value is -2.27. The highest BCUT2D eigenvalue weighted by molar-refractivity contribution is 6.31. The third kappa shape index (κ3) is 4.96. The highest BCUT2D eigenvalue weighted by atomic mass is 35.5. The third-order valence-electron chi connectivity index (χ3n) is 4.91. The minimum Gasteiger partial charge on any atom is -0.497 e. The molecule has 1 saturated carbocycles. The first-order chi connectivity index (χ1) is 13.4. The fourth-order valence-corrected chi connectivity index (χ4v) is 3.60. The second-order valence-electron chi connectivity index (χ2n) is 7.80. The predicted octanol–water partition coefficient (Wildman–Crippen LogP) is 4.79. The van der Waals surface area contributed by atoms with Crippen LogP contribution in [-0.4, -0.2) is 22.8 Å². The second kappa shape index (κ2) is 8.82. The van der Waals surface area contributed by atoms with Gasteiger partial charge in [0.05, 0.1) is 18.8 Å². The van der Waals surface area contributed by atoms with E-state index in [1.165, 1.54) is 0 Å². The highest BCUT2D eigenvalue weighted by Crippen LogP contribution is 2.41. The average molecular weight is 402 g/mol. The molecule has 6 heteroatoms. The van der Waals surface area contributed by atoms with Gasteiger partial charge in [-0.3, -0.25) is 9.48 Å². The number of amides is 1. The normalized spacial score (nSPS) is 15.2. The molecule has 1 aliphatic carbocycles. The molecule has 0 aliphatic heterocycles. The Morgan fingerprint density at radius 2 is 2.04 bits per heavy atom. The van der Waals surface area contributed by atoms with Crippen molar-refractivity contribution in [2.75, 3.05) is 7.11 Å². The number of hydrogen-bond donors (Lipinski definition) is 1. The molecule has 1 heterocycles. The van der Waals surface area contributed by atoms with Gasteiger partial charge in [0.1, 0.15) is 10.9 Å². The molecule has 0 bridgehead atoms. The van der Waals surface area contributed by atoms with Crippen molar-refractivity contribution in [3.05, 3.63) is 52.3 Å². The van der Waals surface area contributed by atoms with E-state index in [2.05, 4.69) is 24.3 Å². The molecular formula is C22H28ClN3O2. The fourth-order valence-electron chi connectivity index (χ4n) is 3.30. The van der Waals surface area contributed by atoms with Gasteiger partial charge < -0.3 is 10.1 Å². The summed E-state index contributed by atoms with van der Waals surface area (Å²) in [5.74, 6) is 1.62. The number of halogens is 1. The smallest absolute Gasteiger partial charge is 0.244 e. The molecule has 3 rings (SSSR count). The third-order valence-corrected chi connectivity index (χ3v) is 5.31. The van der Waals surface area contributed by atoms with E-state index < -0.39 is 0 Å². The lowest BCUT2D eigenvalue weighted by atomic mass is 10.0. The molecule has 1 unspecified atom stereocenters. The van der Waals surface area contributed by atoms with Crippen LogP contribution in [0.1, 0.15) is 49.6 Å². The Kier molecular flexibility index (Phi) is 6.45. The molecule has 1 amide bonds. The van der Waals surface area contributed by atoms with Gasteiger partial charge in [0.25, 0.3) is 0 Å². The minimum absolute atomic E-state index is 0.0169. The van der Waals surface area contributed by atoms with Crippen molar-refractivity contribution in [2.45, 2.75) is 46.2 Å². The number of aromatic nitrogens is 2. The summed E-state index contributed by atoms with van der Waals surface area (Å²) in [6, 6.07) is 7.91. The monoisotopic (exact) mass is 401 g/mol. The van der Waals surface area contributed by atoms with Crippen molar-refractivity contribution in [1.82, 2.24) is 15.1 Å². The molecule has 1 atom stereocenters. The number of benzene rings is 1. The van der Waals surface area contributed by atoms with Gasteiger partial charge in [0, 0.05) is 18.2 Å². The molecule has 0 saturated heterocycles. The lowest BCUT2D eigenvalue weighted by Gasteiger charge is -2.18. The van der Waals surface area contributed by atoms with Crippen molar-refractivity contribution in [1.29, 1.82) is 0 Å². The summed E-state index contributed by atoms with van der Waals surface area (Å²) >= 11 is 6.45. The van der Waals surface area contributed by atoms with Gasteiger partial charge in [-0.1, -0.05) is 37.6 Å². The second-order valence-corrected chi connectivity index (χ2v) is 8.15. The van der Waals surface area contributed by atoms with Crippen LogP contribution in [0.2, 0.25) is 5.15 Å². The number of nitrogens with zero attached hydrogens (tertiary/aromatic N) is 2. The zero-order valence-corrected chi connectivity index (χ0v) is 17.7. The minimum atomic E-state index is -0.125. The Bertz CT molecular complexity index is 851. The summed E-state index contributed by atoms with van der Waals surface area (Å²) in [7, 11) is 1.65. The molecule has 150 valence electrons. The van der Waals surface area contributed by atoms with E-state index in [1.807, 2.05) is 31.2 Å². The van der Waals surface area contributed by atoms with Gasteiger partial charge in [-0.2, -0.15) is 5.10 Å². The lowest BCUT2D eigenvalue weighted by Crippen LogP contribution is -2.28. The van der Waals surface area contributed by atoms with Gasteiger partial charge in [-0.15, -0.1) is 0 Å². The molecule has 0 spiro atoms. The first kappa shape index (κ1) is 20.5. The number of methoxy groups -OCH3 is 1. The van der Waals surface area contributed by atoms with Crippen LogP contribution in [-0.2, 0) is 11.3 Å². The number of nitrogens with one attached hydrogen (secondary N) is 1. The van der Waals surface area contributed by atoms with Crippen LogP contribution in [0.4, 0.5) is 0 Å². The number of ether oxygens (including phenoxy) is 1. The average Bonchev–Trinajstić information content (AvgIpc) is 3.46. The Morgan fingerprint density at radius 1 is 1.36 bits per heavy atom. The molecule has 1 N–H and O–H groups in total. The number of carbonyl (C=O) groups is 1. The van der Waals surface area contributed by atoms with Gasteiger partial charge in [-0.05, 0) is 55.4 Å². The van der Waals surface area contributed by atoms with E-state index in [9.17, 15) is 4.79 Å². The number of hydrogen-bond acceptors (Lipinski definition) is 3. The molecule has 28 heavy (non-hydrogen) atoms. The summed E-state index contributed by atoms with van der Waals surface area (Å²) in [4.78, 5) is 12.6. The van der Waals surface area contributed by atoms with E-state index in [0.717, 1.165) is 42.0 Å². The lowest BCUT2D eigenvalue weighted by molar-refractivity contribution is -0.117. The van der Waals surface area contributed by atoms with Gasteiger partial charge in [0.15, 0.2) is 0 Å².